The zero-order valence-corrected chi connectivity index (χ0v) is 10.4. The van der Waals surface area contributed by atoms with Crippen LogP contribution < -0.4 is 5.32 Å². The van der Waals surface area contributed by atoms with Crippen LogP contribution in [0.4, 0.5) is 0 Å². The average Bonchev–Trinajstić information content (AvgIpc) is 2.21. The third-order valence-electron chi connectivity index (χ3n) is 1.88. The summed E-state index contributed by atoms with van der Waals surface area (Å²) in [7, 11) is 0. The third-order valence-corrected chi connectivity index (χ3v) is 2.59. The molecule has 0 aromatic carbocycles. The molecule has 1 heterocycles. The predicted octanol–water partition coefficient (Wildman–Crippen LogP) is 2.73. The SMILES string of the molecule is BrN1CCCCC1.C=CCNCC=C. The fraction of sp³-hybridized carbons (Fsp3) is 0.636. The molecule has 0 spiro atoms. The molecular weight excluding hydrogens is 240 g/mol. The normalized spacial score (nSPS) is 16.6. The summed E-state index contributed by atoms with van der Waals surface area (Å²) in [6.07, 6.45) is 7.80. The van der Waals surface area contributed by atoms with Crippen LogP contribution in [0.25, 0.3) is 0 Å². The van der Waals surface area contributed by atoms with Crippen molar-refractivity contribution in [1.29, 1.82) is 0 Å². The average molecular weight is 261 g/mol. The topological polar surface area (TPSA) is 15.3 Å². The van der Waals surface area contributed by atoms with Gasteiger partial charge in [-0.2, -0.15) is 0 Å². The van der Waals surface area contributed by atoms with Gasteiger partial charge in [0.1, 0.15) is 0 Å². The second-order valence-corrected chi connectivity index (χ2v) is 4.21. The van der Waals surface area contributed by atoms with E-state index < -0.39 is 0 Å². The van der Waals surface area contributed by atoms with Crippen LogP contribution in [0.1, 0.15) is 19.3 Å². The highest BCUT2D eigenvalue weighted by Crippen LogP contribution is 2.10. The van der Waals surface area contributed by atoms with Gasteiger partial charge in [0, 0.05) is 42.3 Å². The molecule has 1 aliphatic heterocycles. The van der Waals surface area contributed by atoms with E-state index in [9.17, 15) is 0 Å². The first-order chi connectivity index (χ1) is 6.81. The van der Waals surface area contributed by atoms with Crippen LogP contribution >= 0.6 is 16.1 Å². The van der Waals surface area contributed by atoms with Crippen molar-refractivity contribution in [2.24, 2.45) is 0 Å². The van der Waals surface area contributed by atoms with E-state index in [1.807, 2.05) is 12.2 Å². The van der Waals surface area contributed by atoms with E-state index >= 15 is 0 Å². The van der Waals surface area contributed by atoms with Gasteiger partial charge < -0.3 is 5.32 Å². The van der Waals surface area contributed by atoms with Gasteiger partial charge in [0.25, 0.3) is 0 Å². The number of hydrogen-bond acceptors (Lipinski definition) is 2. The molecule has 1 N–H and O–H groups in total. The molecule has 0 atom stereocenters. The van der Waals surface area contributed by atoms with Crippen molar-refractivity contribution in [1.82, 2.24) is 9.24 Å². The van der Waals surface area contributed by atoms with E-state index in [1.54, 1.807) is 0 Å². The number of rotatable bonds is 4. The molecule has 0 bridgehead atoms. The maximum absolute atomic E-state index is 3.54. The fourth-order valence-electron chi connectivity index (χ4n) is 1.14. The van der Waals surface area contributed by atoms with Crippen LogP contribution in [-0.4, -0.2) is 30.1 Å². The Labute approximate surface area is 96.4 Å². The molecule has 0 saturated carbocycles. The molecule has 1 saturated heterocycles. The first-order valence-electron chi connectivity index (χ1n) is 5.14. The predicted molar refractivity (Wildman–Crippen MR) is 67.6 cm³/mol. The van der Waals surface area contributed by atoms with E-state index in [1.165, 1.54) is 32.4 Å². The minimum Gasteiger partial charge on any atom is -0.310 e. The number of hydrogen-bond donors (Lipinski definition) is 1. The molecule has 0 amide bonds. The molecule has 0 aromatic rings. The third kappa shape index (κ3) is 9.96. The lowest BCUT2D eigenvalue weighted by Crippen LogP contribution is -2.18. The highest BCUT2D eigenvalue weighted by molar-refractivity contribution is 9.07. The van der Waals surface area contributed by atoms with Crippen molar-refractivity contribution in [2.75, 3.05) is 26.2 Å². The minimum absolute atomic E-state index is 0.867. The summed E-state index contributed by atoms with van der Waals surface area (Å²) in [5, 5.41) is 3.05. The zero-order valence-electron chi connectivity index (χ0n) is 8.84. The summed E-state index contributed by atoms with van der Waals surface area (Å²) in [6.45, 7) is 11.3. The lowest BCUT2D eigenvalue weighted by molar-refractivity contribution is 0.392. The largest absolute Gasteiger partial charge is 0.310 e. The summed E-state index contributed by atoms with van der Waals surface area (Å²) in [6, 6.07) is 0. The summed E-state index contributed by atoms with van der Waals surface area (Å²) in [5.74, 6) is 0. The molecular formula is C11H21BrN2. The summed E-state index contributed by atoms with van der Waals surface area (Å²) < 4.78 is 2.20. The van der Waals surface area contributed by atoms with Crippen LogP contribution in [0.15, 0.2) is 25.3 Å². The van der Waals surface area contributed by atoms with E-state index in [0.29, 0.717) is 0 Å². The quantitative estimate of drug-likeness (QED) is 0.475. The summed E-state index contributed by atoms with van der Waals surface area (Å²) >= 11 is 3.42. The monoisotopic (exact) mass is 260 g/mol. The van der Waals surface area contributed by atoms with E-state index in [-0.39, 0.29) is 0 Å². The van der Waals surface area contributed by atoms with Gasteiger partial charge in [-0.3, -0.25) is 0 Å². The highest BCUT2D eigenvalue weighted by Gasteiger charge is 2.04. The Morgan fingerprint density at radius 3 is 1.86 bits per heavy atom. The van der Waals surface area contributed by atoms with Crippen molar-refractivity contribution in [3.05, 3.63) is 25.3 Å². The molecule has 1 aliphatic rings. The van der Waals surface area contributed by atoms with Crippen molar-refractivity contribution < 1.29 is 0 Å². The molecule has 82 valence electrons. The first-order valence-corrected chi connectivity index (χ1v) is 5.85. The van der Waals surface area contributed by atoms with Gasteiger partial charge in [0.2, 0.25) is 0 Å². The van der Waals surface area contributed by atoms with Crippen molar-refractivity contribution in [3.63, 3.8) is 0 Å². The second-order valence-electron chi connectivity index (χ2n) is 3.21. The number of nitrogens with one attached hydrogen (secondary N) is 1. The zero-order chi connectivity index (χ0) is 10.6. The van der Waals surface area contributed by atoms with E-state index in [4.69, 9.17) is 0 Å². The van der Waals surface area contributed by atoms with Crippen molar-refractivity contribution >= 4 is 16.1 Å². The summed E-state index contributed by atoms with van der Waals surface area (Å²) in [5.41, 5.74) is 0. The maximum atomic E-state index is 3.54. The molecule has 3 heteroatoms. The molecule has 1 rings (SSSR count). The number of nitrogens with zero attached hydrogens (tertiary/aromatic N) is 1. The van der Waals surface area contributed by atoms with Gasteiger partial charge in [-0.05, 0) is 12.8 Å². The number of piperidine rings is 1. The van der Waals surface area contributed by atoms with Gasteiger partial charge in [-0.25, -0.2) is 3.93 Å². The van der Waals surface area contributed by atoms with Crippen molar-refractivity contribution in [2.45, 2.75) is 19.3 Å². The smallest absolute Gasteiger partial charge is 0.0135 e. The van der Waals surface area contributed by atoms with Gasteiger partial charge in [-0.1, -0.05) is 18.6 Å². The standard InChI is InChI=1S/C6H11N.C5H10BrN/c1-3-5-7-6-4-2;6-7-4-2-1-3-5-7/h3-4,7H,1-2,5-6H2;1-5H2. The lowest BCUT2D eigenvalue weighted by Gasteiger charge is -2.18. The van der Waals surface area contributed by atoms with Gasteiger partial charge in [0.15, 0.2) is 0 Å². The molecule has 0 radical (unpaired) electrons. The minimum atomic E-state index is 0.867. The molecule has 14 heavy (non-hydrogen) atoms. The number of halogens is 1. The Kier molecular flexibility index (Phi) is 10.9. The Morgan fingerprint density at radius 2 is 1.57 bits per heavy atom. The second kappa shape index (κ2) is 11.0. The van der Waals surface area contributed by atoms with E-state index in [0.717, 1.165) is 13.1 Å². The Hall–Kier alpha value is -0.120. The molecule has 0 aromatic heterocycles. The van der Waals surface area contributed by atoms with Gasteiger partial charge in [-0.15, -0.1) is 13.2 Å². The molecule has 0 unspecified atom stereocenters. The van der Waals surface area contributed by atoms with Gasteiger partial charge >= 0.3 is 0 Å². The molecule has 2 nitrogen and oxygen atoms in total. The molecule has 1 fully saturated rings. The summed E-state index contributed by atoms with van der Waals surface area (Å²) in [4.78, 5) is 0. The molecule has 0 aliphatic carbocycles. The first kappa shape index (κ1) is 13.9. The van der Waals surface area contributed by atoms with E-state index in [2.05, 4.69) is 38.5 Å². The van der Waals surface area contributed by atoms with Crippen LogP contribution in [0.2, 0.25) is 0 Å². The Balaban J connectivity index is 0.000000241. The Bertz CT molecular complexity index is 134. The lowest BCUT2D eigenvalue weighted by atomic mass is 10.2. The van der Waals surface area contributed by atoms with Crippen LogP contribution in [-0.2, 0) is 0 Å². The van der Waals surface area contributed by atoms with Gasteiger partial charge in [0.05, 0.1) is 0 Å². The Morgan fingerprint density at radius 1 is 1.07 bits per heavy atom. The maximum Gasteiger partial charge on any atom is 0.0135 e. The fourth-order valence-corrected chi connectivity index (χ4v) is 1.64. The van der Waals surface area contributed by atoms with Crippen LogP contribution in [0.5, 0.6) is 0 Å². The van der Waals surface area contributed by atoms with Crippen LogP contribution in [0.3, 0.4) is 0 Å². The highest BCUT2D eigenvalue weighted by atomic mass is 79.9. The van der Waals surface area contributed by atoms with Crippen molar-refractivity contribution in [3.8, 4) is 0 Å². The van der Waals surface area contributed by atoms with Crippen LogP contribution in [0, 0.1) is 0 Å².